The highest BCUT2D eigenvalue weighted by Crippen LogP contribution is 2.42. The molecule has 344 valence electrons. The number of para-hydroxylation sites is 1. The molecule has 0 bridgehead atoms. The van der Waals surface area contributed by atoms with E-state index in [0.29, 0.717) is 75.0 Å². The molecular weight excluding hydrogens is 811 g/mol. The first-order chi connectivity index (χ1) is 30.8. The molecule has 13 heteroatoms. The number of pyridine rings is 1. The number of rotatable bonds is 26. The monoisotopic (exact) mass is 877 g/mol. The molecule has 0 radical (unpaired) electrons. The number of anilines is 2. The molecule has 1 heterocycles. The first-order valence-electron chi connectivity index (χ1n) is 22.9. The van der Waals surface area contributed by atoms with Gasteiger partial charge in [0, 0.05) is 79.3 Å². The van der Waals surface area contributed by atoms with Crippen molar-refractivity contribution >= 4 is 58.6 Å². The number of aryl methyl sites for hydroxylation is 1. The fraction of sp³-hybridized carbons (Fsp3) is 0.490. The largest absolute Gasteiger partial charge is 0.466 e. The summed E-state index contributed by atoms with van der Waals surface area (Å²) in [6, 6.07) is 16.6. The highest BCUT2D eigenvalue weighted by Gasteiger charge is 2.43. The lowest BCUT2D eigenvalue weighted by atomic mass is 9.65. The zero-order valence-corrected chi connectivity index (χ0v) is 38.0. The molecular formula is C51H67N5O8. The van der Waals surface area contributed by atoms with Gasteiger partial charge in [-0.1, -0.05) is 82.9 Å². The molecule has 1 aliphatic rings. The van der Waals surface area contributed by atoms with Gasteiger partial charge in [-0.3, -0.25) is 33.8 Å². The van der Waals surface area contributed by atoms with E-state index in [0.717, 1.165) is 30.4 Å². The van der Waals surface area contributed by atoms with Gasteiger partial charge in [-0.05, 0) is 98.9 Å². The number of ether oxygens (including phenoxy) is 1. The molecule has 0 aliphatic heterocycles. The number of ketones is 3. The van der Waals surface area contributed by atoms with E-state index in [1.807, 2.05) is 58.0 Å². The number of Topliss-reactive ketones (excluding diaryl/α,β-unsaturated/α-hetero) is 3. The average molecular weight is 878 g/mol. The smallest absolute Gasteiger partial charge is 0.323 e. The van der Waals surface area contributed by atoms with E-state index in [-0.39, 0.29) is 67.2 Å². The maximum Gasteiger partial charge on any atom is 0.323 e. The maximum atomic E-state index is 14.3. The molecule has 1 saturated carbocycles. The minimum atomic E-state index is -0.961. The van der Waals surface area contributed by atoms with E-state index in [4.69, 9.17) is 4.74 Å². The number of unbranched alkanes of at least 4 members (excludes halogenated alkanes) is 1. The number of aromatic nitrogens is 1. The van der Waals surface area contributed by atoms with Crippen molar-refractivity contribution in [1.29, 1.82) is 0 Å². The Balaban J connectivity index is 1.45. The maximum absolute atomic E-state index is 14.3. The van der Waals surface area contributed by atoms with Gasteiger partial charge >= 0.3 is 12.0 Å². The predicted molar refractivity (Wildman–Crippen MR) is 249 cm³/mol. The average Bonchev–Trinajstić information content (AvgIpc) is 3.28. The van der Waals surface area contributed by atoms with Crippen molar-refractivity contribution < 1.29 is 38.3 Å². The molecule has 3 aromatic rings. The van der Waals surface area contributed by atoms with Crippen molar-refractivity contribution in [3.63, 3.8) is 0 Å². The van der Waals surface area contributed by atoms with Crippen LogP contribution < -0.4 is 21.3 Å². The van der Waals surface area contributed by atoms with Crippen LogP contribution in [0.2, 0.25) is 0 Å². The van der Waals surface area contributed by atoms with E-state index in [9.17, 15) is 33.6 Å². The topological polar surface area (TPSA) is 190 Å². The minimum Gasteiger partial charge on any atom is -0.466 e. The number of hydrogen-bond acceptors (Lipinski definition) is 9. The summed E-state index contributed by atoms with van der Waals surface area (Å²) in [5, 5.41) is 11.5. The van der Waals surface area contributed by atoms with Crippen LogP contribution in [0, 0.1) is 24.2 Å². The van der Waals surface area contributed by atoms with Gasteiger partial charge in [-0.2, -0.15) is 0 Å². The van der Waals surface area contributed by atoms with E-state index >= 15 is 0 Å². The lowest BCUT2D eigenvalue weighted by Gasteiger charge is -2.37. The van der Waals surface area contributed by atoms with Gasteiger partial charge in [-0.15, -0.1) is 0 Å². The van der Waals surface area contributed by atoms with Gasteiger partial charge in [-0.25, -0.2) is 4.79 Å². The van der Waals surface area contributed by atoms with Crippen LogP contribution in [0.1, 0.15) is 127 Å². The SMILES string of the molecule is CCCOC(=O)CCC[C@H](NC(=O)[C@@H](CCCCNC(=O)/C=C/c1cccnc1)CC(=O)Cc1ccc(NC(=O)Nc2ccccc2C)cc1)C(=O)CC1(C(=O)C(C)C)CCCCC1. The Morgan fingerprint density at radius 3 is 2.30 bits per heavy atom. The summed E-state index contributed by atoms with van der Waals surface area (Å²) in [6.45, 7) is 8.16. The summed E-state index contributed by atoms with van der Waals surface area (Å²) in [4.78, 5) is 97.5. The number of hydrogen-bond donors (Lipinski definition) is 4. The van der Waals surface area contributed by atoms with Crippen molar-refractivity contribution in [1.82, 2.24) is 15.6 Å². The molecule has 4 N–H and O–H groups in total. The number of carbonyl (C=O) groups excluding carboxylic acids is 7. The molecule has 0 spiro atoms. The molecule has 1 aliphatic carbocycles. The van der Waals surface area contributed by atoms with Crippen molar-refractivity contribution in [3.05, 3.63) is 95.8 Å². The summed E-state index contributed by atoms with van der Waals surface area (Å²) in [7, 11) is 0. The summed E-state index contributed by atoms with van der Waals surface area (Å²) >= 11 is 0. The van der Waals surface area contributed by atoms with Crippen LogP contribution in [0.5, 0.6) is 0 Å². The second-order valence-electron chi connectivity index (χ2n) is 17.3. The van der Waals surface area contributed by atoms with E-state index < -0.39 is 29.3 Å². The Hall–Kier alpha value is -5.98. The lowest BCUT2D eigenvalue weighted by Crippen LogP contribution is -2.47. The Labute approximate surface area is 378 Å². The van der Waals surface area contributed by atoms with Gasteiger partial charge < -0.3 is 26.0 Å². The summed E-state index contributed by atoms with van der Waals surface area (Å²) in [5.74, 6) is -2.51. The summed E-state index contributed by atoms with van der Waals surface area (Å²) in [5.41, 5.74) is 2.85. The quantitative estimate of drug-likeness (QED) is 0.0347. The van der Waals surface area contributed by atoms with Gasteiger partial charge in [0.1, 0.15) is 11.6 Å². The number of nitrogens with zero attached hydrogens (tertiary/aromatic N) is 1. The Bertz CT molecular complexity index is 2040. The first kappa shape index (κ1) is 50.7. The van der Waals surface area contributed by atoms with Crippen molar-refractivity contribution in [3.8, 4) is 0 Å². The highest BCUT2D eigenvalue weighted by molar-refractivity contribution is 6.00. The highest BCUT2D eigenvalue weighted by atomic mass is 16.5. The van der Waals surface area contributed by atoms with Crippen LogP contribution in [0.3, 0.4) is 0 Å². The van der Waals surface area contributed by atoms with Crippen LogP contribution in [0.4, 0.5) is 16.2 Å². The van der Waals surface area contributed by atoms with E-state index in [2.05, 4.69) is 26.3 Å². The van der Waals surface area contributed by atoms with Crippen LogP contribution in [0.15, 0.2) is 79.1 Å². The van der Waals surface area contributed by atoms with Crippen molar-refractivity contribution in [2.45, 2.75) is 130 Å². The van der Waals surface area contributed by atoms with Gasteiger partial charge in [0.15, 0.2) is 5.78 Å². The van der Waals surface area contributed by atoms with E-state index in [1.54, 1.807) is 48.8 Å². The van der Waals surface area contributed by atoms with Gasteiger partial charge in [0.2, 0.25) is 11.8 Å². The Morgan fingerprint density at radius 1 is 0.859 bits per heavy atom. The molecule has 4 rings (SSSR count). The molecule has 1 aromatic heterocycles. The van der Waals surface area contributed by atoms with Crippen LogP contribution >= 0.6 is 0 Å². The second-order valence-corrected chi connectivity index (χ2v) is 17.3. The summed E-state index contributed by atoms with van der Waals surface area (Å²) < 4.78 is 5.26. The molecule has 13 nitrogen and oxygen atoms in total. The van der Waals surface area contributed by atoms with Crippen LogP contribution in [-0.2, 0) is 39.9 Å². The standard InChI is InChI=1S/C51H67N5O8/c1-5-31-64-47(60)20-13-19-44(45(58)34-51(48(61)36(2)3)27-10-6-11-28-51)55-49(62)40(17-9-12-30-53-46(59)26-23-39-16-14-29-52-35-39)33-42(57)32-38-21-24-41(25-22-38)54-50(63)56-43-18-8-7-15-37(43)4/h7-8,14-16,18,21-26,29,35-36,40,44H,5-6,9-13,17,19-20,27-28,30-34H2,1-4H3,(H,53,59)(H,55,62)(H2,54,56,63)/b26-23+/t40-,44-/m0/s1. The molecule has 0 saturated heterocycles. The fourth-order valence-electron chi connectivity index (χ4n) is 8.19. The number of benzene rings is 2. The van der Waals surface area contributed by atoms with Gasteiger partial charge in [0.25, 0.3) is 0 Å². The van der Waals surface area contributed by atoms with E-state index in [1.165, 1.54) is 6.08 Å². The molecule has 4 amide bonds. The van der Waals surface area contributed by atoms with Gasteiger partial charge in [0.05, 0.1) is 12.6 Å². The molecule has 1 fully saturated rings. The van der Waals surface area contributed by atoms with Crippen LogP contribution in [-0.4, -0.2) is 65.3 Å². The Morgan fingerprint density at radius 2 is 1.61 bits per heavy atom. The summed E-state index contributed by atoms with van der Waals surface area (Å²) in [6.07, 6.45) is 12.9. The molecule has 64 heavy (non-hydrogen) atoms. The normalized spacial score (nSPS) is 14.3. The predicted octanol–water partition coefficient (Wildman–Crippen LogP) is 8.89. The zero-order valence-electron chi connectivity index (χ0n) is 38.0. The minimum absolute atomic E-state index is 0.00613. The number of amides is 4. The fourth-order valence-corrected chi connectivity index (χ4v) is 8.19. The molecule has 2 aromatic carbocycles. The second kappa shape index (κ2) is 26.6. The number of esters is 1. The number of nitrogens with one attached hydrogen (secondary N) is 4. The number of urea groups is 1. The zero-order chi connectivity index (χ0) is 46.3. The number of carbonyl (C=O) groups is 7. The van der Waals surface area contributed by atoms with Crippen LogP contribution in [0.25, 0.3) is 6.08 Å². The van der Waals surface area contributed by atoms with Crippen molar-refractivity contribution in [2.75, 3.05) is 23.8 Å². The molecule has 2 atom stereocenters. The Kier molecular flexibility index (Phi) is 21.1. The first-order valence-corrected chi connectivity index (χ1v) is 22.9. The van der Waals surface area contributed by atoms with Crippen molar-refractivity contribution in [2.24, 2.45) is 17.3 Å². The molecule has 0 unspecified atom stereocenters. The lowest BCUT2D eigenvalue weighted by molar-refractivity contribution is -0.144. The third-order valence-electron chi connectivity index (χ3n) is 11.7. The third-order valence-corrected chi connectivity index (χ3v) is 11.7. The third kappa shape index (κ3) is 17.3.